The van der Waals surface area contributed by atoms with Gasteiger partial charge < -0.3 is 20.1 Å². The smallest absolute Gasteiger partial charge is 0.193 e. The lowest BCUT2D eigenvalue weighted by atomic mass is 9.96. The van der Waals surface area contributed by atoms with Crippen LogP contribution in [-0.4, -0.2) is 49.3 Å². The van der Waals surface area contributed by atoms with Crippen LogP contribution in [0.1, 0.15) is 37.3 Å². The number of aliphatic imine (C=N–C) groups is 1. The van der Waals surface area contributed by atoms with Crippen molar-refractivity contribution in [3.05, 3.63) is 35.4 Å². The lowest BCUT2D eigenvalue weighted by Crippen LogP contribution is -2.40. The van der Waals surface area contributed by atoms with Gasteiger partial charge in [-0.2, -0.15) is 0 Å². The Morgan fingerprint density at radius 2 is 1.96 bits per heavy atom. The SMILES string of the molecule is CCNC(=NCc1ccccc1CO)N(C)CCC1CCOCC1.I. The van der Waals surface area contributed by atoms with Crippen LogP contribution >= 0.6 is 24.0 Å². The summed E-state index contributed by atoms with van der Waals surface area (Å²) < 4.78 is 5.43. The molecule has 0 radical (unpaired) electrons. The molecule has 0 aromatic heterocycles. The van der Waals surface area contributed by atoms with E-state index < -0.39 is 0 Å². The van der Waals surface area contributed by atoms with Crippen molar-refractivity contribution < 1.29 is 9.84 Å². The van der Waals surface area contributed by atoms with Crippen LogP contribution in [0.2, 0.25) is 0 Å². The molecule has 0 unspecified atom stereocenters. The molecule has 0 aliphatic carbocycles. The van der Waals surface area contributed by atoms with Gasteiger partial charge in [0.1, 0.15) is 0 Å². The molecule has 2 N–H and O–H groups in total. The van der Waals surface area contributed by atoms with Gasteiger partial charge in [-0.1, -0.05) is 24.3 Å². The van der Waals surface area contributed by atoms with Crippen LogP contribution in [0, 0.1) is 5.92 Å². The molecule has 0 spiro atoms. The summed E-state index contributed by atoms with van der Waals surface area (Å²) in [6.45, 7) is 6.38. The molecule has 142 valence electrons. The summed E-state index contributed by atoms with van der Waals surface area (Å²) in [6.07, 6.45) is 3.52. The number of aliphatic hydroxyl groups is 1. The third kappa shape index (κ3) is 7.50. The molecule has 5 nitrogen and oxygen atoms in total. The Balaban J connectivity index is 0.00000312. The fourth-order valence-electron chi connectivity index (χ4n) is 3.01. The first kappa shape index (κ1) is 22.2. The van der Waals surface area contributed by atoms with Gasteiger partial charge in [0.2, 0.25) is 0 Å². The average Bonchev–Trinajstić information content (AvgIpc) is 2.64. The van der Waals surface area contributed by atoms with E-state index in [0.29, 0.717) is 6.54 Å². The Bertz CT molecular complexity index is 519. The molecule has 6 heteroatoms. The molecule has 0 atom stereocenters. The summed E-state index contributed by atoms with van der Waals surface area (Å²) in [5, 5.41) is 12.8. The average molecular weight is 461 g/mol. The number of nitrogens with zero attached hydrogens (tertiary/aromatic N) is 2. The molecule has 1 aliphatic heterocycles. The summed E-state index contributed by atoms with van der Waals surface area (Å²) >= 11 is 0. The van der Waals surface area contributed by atoms with Crippen molar-refractivity contribution >= 4 is 29.9 Å². The van der Waals surface area contributed by atoms with Gasteiger partial charge in [0.05, 0.1) is 13.2 Å². The Labute approximate surface area is 168 Å². The van der Waals surface area contributed by atoms with Gasteiger partial charge in [0, 0.05) is 33.4 Å². The third-order valence-corrected chi connectivity index (χ3v) is 4.60. The number of hydrogen-bond donors (Lipinski definition) is 2. The monoisotopic (exact) mass is 461 g/mol. The first-order valence-corrected chi connectivity index (χ1v) is 8.99. The minimum Gasteiger partial charge on any atom is -0.392 e. The highest BCUT2D eigenvalue weighted by Crippen LogP contribution is 2.18. The largest absolute Gasteiger partial charge is 0.392 e. The van der Waals surface area contributed by atoms with E-state index in [1.54, 1.807) is 0 Å². The van der Waals surface area contributed by atoms with Crippen molar-refractivity contribution in [1.29, 1.82) is 0 Å². The number of rotatable bonds is 7. The maximum absolute atomic E-state index is 9.44. The molecule has 1 aliphatic rings. The van der Waals surface area contributed by atoms with Gasteiger partial charge in [-0.15, -0.1) is 24.0 Å². The number of nitrogens with one attached hydrogen (secondary N) is 1. The van der Waals surface area contributed by atoms with E-state index >= 15 is 0 Å². The Morgan fingerprint density at radius 1 is 1.28 bits per heavy atom. The quantitative estimate of drug-likeness (QED) is 0.373. The van der Waals surface area contributed by atoms with E-state index in [1.807, 2.05) is 24.3 Å². The number of benzene rings is 1. The Morgan fingerprint density at radius 3 is 2.60 bits per heavy atom. The van der Waals surface area contributed by atoms with Crippen molar-refractivity contribution in [3.8, 4) is 0 Å². The number of hydrogen-bond acceptors (Lipinski definition) is 3. The molecular weight excluding hydrogens is 429 g/mol. The topological polar surface area (TPSA) is 57.1 Å². The van der Waals surface area contributed by atoms with Gasteiger partial charge in [-0.05, 0) is 43.2 Å². The van der Waals surface area contributed by atoms with Crippen LogP contribution < -0.4 is 5.32 Å². The minimum absolute atomic E-state index is 0. The lowest BCUT2D eigenvalue weighted by molar-refractivity contribution is 0.0625. The molecule has 0 amide bonds. The molecule has 1 fully saturated rings. The normalized spacial score (nSPS) is 15.6. The molecule has 1 aromatic rings. The zero-order chi connectivity index (χ0) is 17.2. The highest BCUT2D eigenvalue weighted by atomic mass is 127. The second-order valence-corrected chi connectivity index (χ2v) is 6.36. The zero-order valence-corrected chi connectivity index (χ0v) is 17.7. The Hall–Kier alpha value is -0.860. The van der Waals surface area contributed by atoms with Gasteiger partial charge in [0.15, 0.2) is 5.96 Å². The van der Waals surface area contributed by atoms with Crippen molar-refractivity contribution in [3.63, 3.8) is 0 Å². The first-order chi connectivity index (χ1) is 11.7. The van der Waals surface area contributed by atoms with Crippen LogP contribution in [0.5, 0.6) is 0 Å². The van der Waals surface area contributed by atoms with E-state index in [2.05, 4.69) is 24.2 Å². The van der Waals surface area contributed by atoms with E-state index in [4.69, 9.17) is 9.73 Å². The van der Waals surface area contributed by atoms with Crippen LogP contribution in [0.3, 0.4) is 0 Å². The molecule has 1 aromatic carbocycles. The van der Waals surface area contributed by atoms with Crippen molar-refractivity contribution in [2.24, 2.45) is 10.9 Å². The summed E-state index contributed by atoms with van der Waals surface area (Å²) in [7, 11) is 2.10. The molecule has 2 rings (SSSR count). The second kappa shape index (κ2) is 12.5. The standard InChI is InChI=1S/C19H31N3O2.HI/c1-3-20-19(21-14-17-6-4-5-7-18(17)15-23)22(2)11-8-16-9-12-24-13-10-16;/h4-7,16,23H,3,8-15H2,1-2H3,(H,20,21);1H. The lowest BCUT2D eigenvalue weighted by Gasteiger charge is -2.27. The number of halogens is 1. The van der Waals surface area contributed by atoms with Crippen LogP contribution in [0.15, 0.2) is 29.3 Å². The molecule has 1 heterocycles. The van der Waals surface area contributed by atoms with Gasteiger partial charge >= 0.3 is 0 Å². The molecule has 0 saturated carbocycles. The van der Waals surface area contributed by atoms with E-state index in [9.17, 15) is 5.11 Å². The third-order valence-electron chi connectivity index (χ3n) is 4.60. The fraction of sp³-hybridized carbons (Fsp3) is 0.632. The van der Waals surface area contributed by atoms with Gasteiger partial charge in [-0.25, -0.2) is 4.99 Å². The molecule has 25 heavy (non-hydrogen) atoms. The van der Waals surface area contributed by atoms with Gasteiger partial charge in [-0.3, -0.25) is 0 Å². The first-order valence-electron chi connectivity index (χ1n) is 8.99. The molecule has 1 saturated heterocycles. The minimum atomic E-state index is 0. The zero-order valence-electron chi connectivity index (χ0n) is 15.4. The highest BCUT2D eigenvalue weighted by molar-refractivity contribution is 14.0. The van der Waals surface area contributed by atoms with E-state index in [-0.39, 0.29) is 30.6 Å². The fourth-order valence-corrected chi connectivity index (χ4v) is 3.01. The summed E-state index contributed by atoms with van der Waals surface area (Å²) in [4.78, 5) is 6.96. The molecular formula is C19H32IN3O2. The highest BCUT2D eigenvalue weighted by Gasteiger charge is 2.15. The van der Waals surface area contributed by atoms with E-state index in [1.165, 1.54) is 19.3 Å². The number of aliphatic hydroxyl groups excluding tert-OH is 1. The number of ether oxygens (including phenoxy) is 1. The van der Waals surface area contributed by atoms with E-state index in [0.717, 1.165) is 49.3 Å². The molecule has 0 bridgehead atoms. The predicted molar refractivity (Wildman–Crippen MR) is 113 cm³/mol. The van der Waals surface area contributed by atoms with Gasteiger partial charge in [0.25, 0.3) is 0 Å². The summed E-state index contributed by atoms with van der Waals surface area (Å²) in [6, 6.07) is 7.92. The van der Waals surface area contributed by atoms with Crippen LogP contribution in [0.25, 0.3) is 0 Å². The Kier molecular flexibility index (Phi) is 11.1. The maximum atomic E-state index is 9.44. The predicted octanol–water partition coefficient (Wildman–Crippen LogP) is 3.01. The number of guanidine groups is 1. The van der Waals surface area contributed by atoms with Crippen molar-refractivity contribution in [1.82, 2.24) is 10.2 Å². The maximum Gasteiger partial charge on any atom is 0.193 e. The van der Waals surface area contributed by atoms with Crippen molar-refractivity contribution in [2.75, 3.05) is 33.4 Å². The van der Waals surface area contributed by atoms with Crippen LogP contribution in [0.4, 0.5) is 0 Å². The summed E-state index contributed by atoms with van der Waals surface area (Å²) in [5.74, 6) is 1.69. The summed E-state index contributed by atoms with van der Waals surface area (Å²) in [5.41, 5.74) is 2.02. The second-order valence-electron chi connectivity index (χ2n) is 6.36. The van der Waals surface area contributed by atoms with Crippen molar-refractivity contribution in [2.45, 2.75) is 39.3 Å². The van der Waals surface area contributed by atoms with Crippen LogP contribution in [-0.2, 0) is 17.9 Å².